The number of benzene rings is 2. The number of anilines is 1. The molecule has 0 atom stereocenters. The van der Waals surface area contributed by atoms with Crippen molar-refractivity contribution >= 4 is 29.4 Å². The van der Waals surface area contributed by atoms with Crippen LogP contribution in [-0.2, 0) is 0 Å². The van der Waals surface area contributed by atoms with E-state index in [0.717, 1.165) is 29.7 Å². The van der Waals surface area contributed by atoms with Gasteiger partial charge in [-0.1, -0.05) is 24.3 Å². The normalized spacial score (nSPS) is 15.0. The van der Waals surface area contributed by atoms with Crippen molar-refractivity contribution in [1.82, 2.24) is 14.9 Å². The van der Waals surface area contributed by atoms with Crippen LogP contribution in [0.25, 0.3) is 5.69 Å². The van der Waals surface area contributed by atoms with Crippen molar-refractivity contribution in [2.75, 3.05) is 5.73 Å². The number of carbonyl (C=O) groups excluding carboxylic acids is 2. The summed E-state index contributed by atoms with van der Waals surface area (Å²) in [5.41, 5.74) is 10.8. The van der Waals surface area contributed by atoms with E-state index in [-0.39, 0.29) is 29.2 Å². The number of nitrogens with two attached hydrogens (primary N) is 1. The van der Waals surface area contributed by atoms with E-state index in [0.29, 0.717) is 23.2 Å². The lowest BCUT2D eigenvalue weighted by atomic mass is 10.0. The van der Waals surface area contributed by atoms with E-state index >= 15 is 0 Å². The van der Waals surface area contributed by atoms with E-state index in [9.17, 15) is 9.59 Å². The summed E-state index contributed by atoms with van der Waals surface area (Å²) in [6, 6.07) is 12.9. The smallest absolute Gasteiger partial charge is 0.251 e. The summed E-state index contributed by atoms with van der Waals surface area (Å²) in [4.78, 5) is 30.0. The molecule has 2 aliphatic rings. The number of aryl methyl sites for hydroxylation is 1. The average molecular weight is 426 g/mol. The lowest BCUT2D eigenvalue weighted by Crippen LogP contribution is -2.25. The fraction of sp³-hybridized carbons (Fsp3) is 0.208. The van der Waals surface area contributed by atoms with Crippen molar-refractivity contribution < 1.29 is 9.59 Å². The Morgan fingerprint density at radius 2 is 1.97 bits per heavy atom. The fourth-order valence-corrected chi connectivity index (χ4v) is 3.66. The first-order chi connectivity index (χ1) is 15.5. The van der Waals surface area contributed by atoms with E-state index in [1.165, 1.54) is 6.33 Å². The molecule has 8 heteroatoms. The lowest BCUT2D eigenvalue weighted by molar-refractivity contribution is 0.0950. The Balaban J connectivity index is 1.45. The number of amides is 1. The molecule has 1 fully saturated rings. The molecule has 160 valence electrons. The van der Waals surface area contributed by atoms with Gasteiger partial charge in [-0.25, -0.2) is 4.98 Å². The highest BCUT2D eigenvalue weighted by molar-refractivity contribution is 6.14. The summed E-state index contributed by atoms with van der Waals surface area (Å²) in [6.07, 6.45) is 5.92. The number of hydrogen-bond donors (Lipinski definition) is 2. The first-order valence-corrected chi connectivity index (χ1v) is 10.5. The Hall–Kier alpha value is -4.07. The number of nitrogen functional groups attached to an aromatic ring is 1. The Morgan fingerprint density at radius 3 is 2.72 bits per heavy atom. The molecular weight excluding hydrogens is 404 g/mol. The predicted molar refractivity (Wildman–Crippen MR) is 123 cm³/mol. The molecular formula is C24H22N6O2. The van der Waals surface area contributed by atoms with Gasteiger partial charge in [0.05, 0.1) is 11.4 Å². The van der Waals surface area contributed by atoms with Crippen LogP contribution in [0.4, 0.5) is 5.82 Å². The van der Waals surface area contributed by atoms with Crippen LogP contribution in [-0.4, -0.2) is 39.2 Å². The van der Waals surface area contributed by atoms with Gasteiger partial charge in [0.25, 0.3) is 5.91 Å². The standard InChI is InChI=1S/C24H22N6O2/c1-14-5-6-17(24(32)28-18-7-8-18)12-20(14)30-13-26-21(23(30)25)22(31)16-4-2-3-15(11-16)19-9-10-27-29-19/h2-6,10-13,18H,7-9,25H2,1H3,(H,28,32). The van der Waals surface area contributed by atoms with Crippen LogP contribution >= 0.6 is 0 Å². The lowest BCUT2D eigenvalue weighted by Gasteiger charge is -2.12. The van der Waals surface area contributed by atoms with E-state index < -0.39 is 0 Å². The Morgan fingerprint density at radius 1 is 1.12 bits per heavy atom. The van der Waals surface area contributed by atoms with Crippen molar-refractivity contribution in [3.05, 3.63) is 76.7 Å². The van der Waals surface area contributed by atoms with E-state index in [1.54, 1.807) is 35.0 Å². The minimum atomic E-state index is -0.275. The van der Waals surface area contributed by atoms with Gasteiger partial charge < -0.3 is 11.1 Å². The Kier molecular flexibility index (Phi) is 4.89. The van der Waals surface area contributed by atoms with Gasteiger partial charge in [-0.2, -0.15) is 10.2 Å². The van der Waals surface area contributed by atoms with Crippen molar-refractivity contribution in [3.8, 4) is 5.69 Å². The summed E-state index contributed by atoms with van der Waals surface area (Å²) in [7, 11) is 0. The quantitative estimate of drug-likeness (QED) is 0.590. The summed E-state index contributed by atoms with van der Waals surface area (Å²) in [6.45, 7) is 1.92. The number of nitrogens with zero attached hydrogens (tertiary/aromatic N) is 4. The monoisotopic (exact) mass is 426 g/mol. The second-order valence-corrected chi connectivity index (χ2v) is 8.06. The molecule has 1 amide bonds. The molecule has 1 aliphatic carbocycles. The van der Waals surface area contributed by atoms with Crippen molar-refractivity contribution in [1.29, 1.82) is 0 Å². The number of aromatic nitrogens is 2. The maximum Gasteiger partial charge on any atom is 0.251 e. The predicted octanol–water partition coefficient (Wildman–Crippen LogP) is 3.06. The van der Waals surface area contributed by atoms with Crippen LogP contribution in [0, 0.1) is 6.92 Å². The zero-order valence-corrected chi connectivity index (χ0v) is 17.6. The molecule has 0 unspecified atom stereocenters. The first-order valence-electron chi connectivity index (χ1n) is 10.5. The third-order valence-corrected chi connectivity index (χ3v) is 5.67. The van der Waals surface area contributed by atoms with Crippen molar-refractivity contribution in [2.45, 2.75) is 32.2 Å². The summed E-state index contributed by atoms with van der Waals surface area (Å²) >= 11 is 0. The van der Waals surface area contributed by atoms with Crippen LogP contribution in [0.5, 0.6) is 0 Å². The summed E-state index contributed by atoms with van der Waals surface area (Å²) < 4.78 is 1.65. The number of hydrogen-bond acceptors (Lipinski definition) is 6. The highest BCUT2D eigenvalue weighted by Crippen LogP contribution is 2.25. The number of ketones is 1. The van der Waals surface area contributed by atoms with Gasteiger partial charge in [-0.3, -0.25) is 14.2 Å². The highest BCUT2D eigenvalue weighted by atomic mass is 16.1. The molecule has 2 aromatic carbocycles. The van der Waals surface area contributed by atoms with Crippen LogP contribution in [0.2, 0.25) is 0 Å². The number of imidazole rings is 1. The molecule has 3 aromatic rings. The first kappa shape index (κ1) is 19.9. The van der Waals surface area contributed by atoms with E-state index in [2.05, 4.69) is 20.5 Å². The van der Waals surface area contributed by atoms with Crippen LogP contribution < -0.4 is 11.1 Å². The molecule has 3 N–H and O–H groups in total. The van der Waals surface area contributed by atoms with E-state index in [4.69, 9.17) is 5.73 Å². The second-order valence-electron chi connectivity index (χ2n) is 8.06. The average Bonchev–Trinajstić information content (AvgIpc) is 3.29. The minimum absolute atomic E-state index is 0.112. The summed E-state index contributed by atoms with van der Waals surface area (Å²) in [5.74, 6) is -0.160. The molecule has 32 heavy (non-hydrogen) atoms. The third-order valence-electron chi connectivity index (χ3n) is 5.67. The van der Waals surface area contributed by atoms with Gasteiger partial charge in [0.2, 0.25) is 5.78 Å². The molecule has 1 aromatic heterocycles. The van der Waals surface area contributed by atoms with Gasteiger partial charge in [-0.15, -0.1) is 0 Å². The molecule has 1 aliphatic heterocycles. The zero-order chi connectivity index (χ0) is 22.2. The number of nitrogens with one attached hydrogen (secondary N) is 1. The molecule has 0 radical (unpaired) electrons. The molecule has 0 saturated heterocycles. The van der Waals surface area contributed by atoms with Crippen LogP contribution in [0.3, 0.4) is 0 Å². The van der Waals surface area contributed by atoms with Gasteiger partial charge in [0.1, 0.15) is 12.1 Å². The van der Waals surface area contributed by atoms with E-state index in [1.807, 2.05) is 25.1 Å². The maximum atomic E-state index is 13.2. The second kappa shape index (κ2) is 7.88. The van der Waals surface area contributed by atoms with Gasteiger partial charge in [0, 0.05) is 29.8 Å². The topological polar surface area (TPSA) is 115 Å². The van der Waals surface area contributed by atoms with Crippen molar-refractivity contribution in [2.24, 2.45) is 10.2 Å². The molecule has 8 nitrogen and oxygen atoms in total. The Labute approximate surface area is 184 Å². The molecule has 5 rings (SSSR count). The molecule has 0 bridgehead atoms. The highest BCUT2D eigenvalue weighted by Gasteiger charge is 2.25. The number of carbonyl (C=O) groups is 2. The Bertz CT molecular complexity index is 1300. The van der Waals surface area contributed by atoms with Gasteiger partial charge in [0.15, 0.2) is 5.69 Å². The van der Waals surface area contributed by atoms with Gasteiger partial charge in [-0.05, 0) is 49.1 Å². The van der Waals surface area contributed by atoms with Crippen LogP contribution in [0.15, 0.2) is 59.0 Å². The SMILES string of the molecule is Cc1ccc(C(=O)NC2CC2)cc1-n1cnc(C(=O)c2cccc(C3=NN=CC3)c2)c1N. The number of rotatable bonds is 6. The third kappa shape index (κ3) is 3.71. The van der Waals surface area contributed by atoms with Crippen LogP contribution in [0.1, 0.15) is 56.8 Å². The maximum absolute atomic E-state index is 13.2. The van der Waals surface area contributed by atoms with Crippen molar-refractivity contribution in [3.63, 3.8) is 0 Å². The van der Waals surface area contributed by atoms with Gasteiger partial charge >= 0.3 is 0 Å². The zero-order valence-electron chi connectivity index (χ0n) is 17.6. The fourth-order valence-electron chi connectivity index (χ4n) is 3.66. The minimum Gasteiger partial charge on any atom is -0.383 e. The molecule has 2 heterocycles. The summed E-state index contributed by atoms with van der Waals surface area (Å²) in [5, 5.41) is 11.0. The molecule has 0 spiro atoms. The largest absolute Gasteiger partial charge is 0.383 e. The molecule has 1 saturated carbocycles.